The Kier molecular flexibility index (Phi) is 6.54. The van der Waals surface area contributed by atoms with E-state index in [4.69, 9.17) is 27.9 Å². The molecule has 2 unspecified atom stereocenters. The van der Waals surface area contributed by atoms with Crippen LogP contribution in [0.5, 0.6) is 0 Å². The minimum Gasteiger partial charge on any atom is -0.456 e. The predicted octanol–water partition coefficient (Wildman–Crippen LogP) is 7.02. The zero-order valence-electron chi connectivity index (χ0n) is 17.4. The summed E-state index contributed by atoms with van der Waals surface area (Å²) in [5, 5.41) is -0.0785. The highest BCUT2D eigenvalue weighted by Crippen LogP contribution is 2.51. The summed E-state index contributed by atoms with van der Waals surface area (Å²) >= 11 is 12.1. The van der Waals surface area contributed by atoms with E-state index >= 15 is 4.39 Å². The molecular weight excluding hydrogens is 457 g/mol. The van der Waals surface area contributed by atoms with E-state index in [0.717, 1.165) is 25.7 Å². The summed E-state index contributed by atoms with van der Waals surface area (Å²) in [5.41, 5.74) is 0.647. The fraction of sp³-hybridized carbons (Fsp3) is 0.333. The van der Waals surface area contributed by atoms with Crippen LogP contribution in [0.1, 0.15) is 49.8 Å². The molecule has 1 aliphatic rings. The van der Waals surface area contributed by atoms with Crippen LogP contribution in [-0.4, -0.2) is 16.4 Å². The van der Waals surface area contributed by atoms with Gasteiger partial charge in [0, 0.05) is 17.0 Å². The zero-order chi connectivity index (χ0) is 22.9. The normalized spacial score (nSPS) is 17.2. The summed E-state index contributed by atoms with van der Waals surface area (Å²) in [6.45, 7) is 2.04. The third kappa shape index (κ3) is 4.02. The van der Waals surface area contributed by atoms with Crippen molar-refractivity contribution in [3.63, 3.8) is 0 Å². The molecule has 4 rings (SSSR count). The molecule has 1 aliphatic carbocycles. The number of carbonyl (C=O) groups excluding carboxylic acids is 1. The van der Waals surface area contributed by atoms with Gasteiger partial charge in [0.1, 0.15) is 17.2 Å². The molecule has 1 aromatic heterocycles. The van der Waals surface area contributed by atoms with Crippen molar-refractivity contribution in [2.75, 3.05) is 0 Å². The first kappa shape index (κ1) is 22.7. The molecule has 0 bridgehead atoms. The summed E-state index contributed by atoms with van der Waals surface area (Å²) in [6, 6.07) is 9.03. The Balaban J connectivity index is 1.92. The molecule has 1 saturated carbocycles. The van der Waals surface area contributed by atoms with Crippen LogP contribution in [0.15, 0.2) is 42.7 Å². The second-order valence-corrected chi connectivity index (χ2v) is 9.05. The number of hydrogen-bond acceptors (Lipinski definition) is 3. The Labute approximate surface area is 194 Å². The van der Waals surface area contributed by atoms with Gasteiger partial charge in [0.2, 0.25) is 0 Å². The van der Waals surface area contributed by atoms with Gasteiger partial charge in [-0.15, -0.1) is 0 Å². The highest BCUT2D eigenvalue weighted by Gasteiger charge is 2.48. The number of rotatable bonds is 7. The molecule has 3 aromatic rings. The smallest absolute Gasteiger partial charge is 0.293 e. The molecule has 2 aromatic carbocycles. The third-order valence-corrected chi connectivity index (χ3v) is 7.00. The molecule has 1 N–H and O–H groups in total. The molecule has 4 nitrogen and oxygen atoms in total. The van der Waals surface area contributed by atoms with E-state index < -0.39 is 23.2 Å². The number of imidazole rings is 1. The van der Waals surface area contributed by atoms with Crippen LogP contribution in [0.3, 0.4) is 0 Å². The van der Waals surface area contributed by atoms with Gasteiger partial charge in [0.05, 0.1) is 27.8 Å². The maximum atomic E-state index is 15.2. The van der Waals surface area contributed by atoms with Gasteiger partial charge in [-0.2, -0.15) is 0 Å². The van der Waals surface area contributed by atoms with Gasteiger partial charge in [-0.25, -0.2) is 13.8 Å². The number of hydrogen-bond donors (Lipinski definition) is 1. The van der Waals surface area contributed by atoms with Crippen LogP contribution in [-0.2, 0) is 15.1 Å². The molecule has 1 fully saturated rings. The average Bonchev–Trinajstić information content (AvgIpc) is 3.45. The van der Waals surface area contributed by atoms with Crippen LogP contribution < -0.4 is 0 Å². The van der Waals surface area contributed by atoms with E-state index in [1.807, 2.05) is 0 Å². The average molecular weight is 479 g/mol. The van der Waals surface area contributed by atoms with Crippen LogP contribution in [0, 0.1) is 17.6 Å². The Bertz CT molecular complexity index is 1130. The number of aromatic amines is 1. The number of ether oxygens (including phenoxy) is 1. The molecule has 0 amide bonds. The highest BCUT2D eigenvalue weighted by molar-refractivity contribution is 6.31. The SMILES string of the molecule is CC(OC=O)(c1cccc(Cl)c1F)C(c1[nH]cnc1-c1ccc(F)c(Cl)c1)C1CCCC1. The molecular formula is C24H22Cl2F2N2O2. The summed E-state index contributed by atoms with van der Waals surface area (Å²) in [5.74, 6) is -1.53. The zero-order valence-corrected chi connectivity index (χ0v) is 18.9. The first-order valence-corrected chi connectivity index (χ1v) is 11.2. The van der Waals surface area contributed by atoms with E-state index in [1.165, 1.54) is 24.5 Å². The quantitative estimate of drug-likeness (QED) is 0.371. The molecule has 0 aliphatic heterocycles. The van der Waals surface area contributed by atoms with Crippen LogP contribution in [0.2, 0.25) is 10.0 Å². The van der Waals surface area contributed by atoms with Gasteiger partial charge < -0.3 is 9.72 Å². The lowest BCUT2D eigenvalue weighted by atomic mass is 9.71. The Hall–Kier alpha value is -2.44. The van der Waals surface area contributed by atoms with Crippen molar-refractivity contribution < 1.29 is 18.3 Å². The lowest BCUT2D eigenvalue weighted by Crippen LogP contribution is -2.38. The minimum atomic E-state index is -1.36. The van der Waals surface area contributed by atoms with Crippen molar-refractivity contribution in [1.82, 2.24) is 9.97 Å². The number of benzene rings is 2. The maximum absolute atomic E-state index is 15.2. The van der Waals surface area contributed by atoms with E-state index in [9.17, 15) is 9.18 Å². The molecule has 0 spiro atoms. The van der Waals surface area contributed by atoms with Gasteiger partial charge in [-0.3, -0.25) is 4.79 Å². The number of nitrogens with one attached hydrogen (secondary N) is 1. The largest absolute Gasteiger partial charge is 0.456 e. The summed E-state index contributed by atoms with van der Waals surface area (Å²) in [6.07, 6.45) is 5.32. The fourth-order valence-electron chi connectivity index (χ4n) is 4.96. The number of carbonyl (C=O) groups is 1. The van der Waals surface area contributed by atoms with Crippen LogP contribution in [0.25, 0.3) is 11.3 Å². The number of H-pyrrole nitrogens is 1. The Morgan fingerprint density at radius 1 is 1.19 bits per heavy atom. The van der Waals surface area contributed by atoms with E-state index in [1.54, 1.807) is 25.1 Å². The molecule has 0 radical (unpaired) electrons. The van der Waals surface area contributed by atoms with Gasteiger partial charge in [0.25, 0.3) is 6.47 Å². The van der Waals surface area contributed by atoms with Gasteiger partial charge >= 0.3 is 0 Å². The van der Waals surface area contributed by atoms with Crippen molar-refractivity contribution in [3.05, 3.63) is 75.7 Å². The standard InChI is InChI=1S/C24H22Cl2F2N2O2/c1-24(32-13-31,16-7-4-8-17(25)21(16)28)20(14-5-2-3-6-14)23-22(29-12-30-23)15-9-10-19(27)18(26)11-15/h4,7-14,20H,2-3,5-6H2,1H3,(H,29,30). The predicted molar refractivity (Wildman–Crippen MR) is 120 cm³/mol. The van der Waals surface area contributed by atoms with Crippen LogP contribution in [0.4, 0.5) is 8.78 Å². The minimum absolute atomic E-state index is 0.0262. The van der Waals surface area contributed by atoms with Crippen LogP contribution >= 0.6 is 23.2 Å². The molecule has 1 heterocycles. The lowest BCUT2D eigenvalue weighted by Gasteiger charge is -2.40. The summed E-state index contributed by atoms with van der Waals surface area (Å²) < 4.78 is 34.7. The second-order valence-electron chi connectivity index (χ2n) is 8.24. The Morgan fingerprint density at radius 3 is 2.62 bits per heavy atom. The number of aromatic nitrogens is 2. The number of nitrogens with zero attached hydrogens (tertiary/aromatic N) is 1. The molecule has 168 valence electrons. The fourth-order valence-corrected chi connectivity index (χ4v) is 5.31. The first-order chi connectivity index (χ1) is 15.4. The van der Waals surface area contributed by atoms with Crippen molar-refractivity contribution in [3.8, 4) is 11.3 Å². The van der Waals surface area contributed by atoms with Crippen molar-refractivity contribution in [2.24, 2.45) is 5.92 Å². The van der Waals surface area contributed by atoms with Gasteiger partial charge in [0.15, 0.2) is 0 Å². The summed E-state index contributed by atoms with van der Waals surface area (Å²) in [7, 11) is 0. The molecule has 2 atom stereocenters. The van der Waals surface area contributed by atoms with Crippen molar-refractivity contribution >= 4 is 29.7 Å². The Morgan fingerprint density at radius 2 is 1.94 bits per heavy atom. The van der Waals surface area contributed by atoms with Gasteiger partial charge in [-0.05, 0) is 49.9 Å². The lowest BCUT2D eigenvalue weighted by molar-refractivity contribution is -0.147. The molecule has 0 saturated heterocycles. The highest BCUT2D eigenvalue weighted by atomic mass is 35.5. The van der Waals surface area contributed by atoms with Crippen molar-refractivity contribution in [2.45, 2.75) is 44.1 Å². The molecule has 8 heteroatoms. The number of halogens is 4. The molecule has 32 heavy (non-hydrogen) atoms. The monoisotopic (exact) mass is 478 g/mol. The van der Waals surface area contributed by atoms with E-state index in [0.29, 0.717) is 23.4 Å². The van der Waals surface area contributed by atoms with E-state index in [-0.39, 0.29) is 21.5 Å². The topological polar surface area (TPSA) is 55.0 Å². The van der Waals surface area contributed by atoms with Crippen molar-refractivity contribution in [1.29, 1.82) is 0 Å². The van der Waals surface area contributed by atoms with Gasteiger partial charge in [-0.1, -0.05) is 48.2 Å². The maximum Gasteiger partial charge on any atom is 0.293 e. The second kappa shape index (κ2) is 9.20. The van der Waals surface area contributed by atoms with E-state index in [2.05, 4.69) is 9.97 Å². The first-order valence-electron chi connectivity index (χ1n) is 10.4. The third-order valence-electron chi connectivity index (χ3n) is 6.42. The summed E-state index contributed by atoms with van der Waals surface area (Å²) in [4.78, 5) is 19.3.